The molecule has 0 spiro atoms. The van der Waals surface area contributed by atoms with Crippen molar-refractivity contribution >= 4 is 18.3 Å². The summed E-state index contributed by atoms with van der Waals surface area (Å²) < 4.78 is 4.87. The van der Waals surface area contributed by atoms with Gasteiger partial charge < -0.3 is 15.2 Å². The van der Waals surface area contributed by atoms with Crippen molar-refractivity contribution in [3.8, 4) is 0 Å². The lowest BCUT2D eigenvalue weighted by molar-refractivity contribution is -0.131. The van der Waals surface area contributed by atoms with Gasteiger partial charge in [0.2, 0.25) is 11.8 Å². The summed E-state index contributed by atoms with van der Waals surface area (Å²) in [4.78, 5) is 17.7. The average Bonchev–Trinajstić information content (AvgIpc) is 2.84. The minimum atomic E-state index is -0.574. The summed E-state index contributed by atoms with van der Waals surface area (Å²) in [5.74, 6) is 0.816. The molecule has 114 valence electrons. The highest BCUT2D eigenvalue weighted by atomic mass is 35.5. The lowest BCUT2D eigenvalue weighted by Crippen LogP contribution is -2.42. The molecule has 1 aromatic heterocycles. The highest BCUT2D eigenvalue weighted by Crippen LogP contribution is 2.06. The van der Waals surface area contributed by atoms with Gasteiger partial charge in [0.05, 0.1) is 12.6 Å². The van der Waals surface area contributed by atoms with Crippen molar-refractivity contribution in [1.29, 1.82) is 0 Å². The van der Waals surface area contributed by atoms with Gasteiger partial charge >= 0.3 is 0 Å². The van der Waals surface area contributed by atoms with Crippen LogP contribution in [0.2, 0.25) is 0 Å². The molecule has 2 N–H and O–H groups in total. The maximum Gasteiger partial charge on any atom is 0.239 e. The third-order valence-corrected chi connectivity index (χ3v) is 2.94. The Kier molecular flexibility index (Phi) is 6.33. The van der Waals surface area contributed by atoms with Crippen LogP contribution in [0.1, 0.15) is 17.3 Å². The minimum Gasteiger partial charge on any atom is -0.340 e. The van der Waals surface area contributed by atoms with E-state index >= 15 is 0 Å². The number of amides is 1. The molecule has 0 aliphatic heterocycles. The number of carbonyl (C=O) groups excluding carboxylic acids is 1. The van der Waals surface area contributed by atoms with E-state index in [0.29, 0.717) is 24.7 Å². The summed E-state index contributed by atoms with van der Waals surface area (Å²) in [6.45, 7) is 2.00. The lowest BCUT2D eigenvalue weighted by Gasteiger charge is -2.19. The number of benzene rings is 1. The number of nitrogens with zero attached hydrogens (tertiary/aromatic N) is 3. The standard InChI is InChI=1S/C14H18N4O2.ClH/c1-10-16-13(17-20-10)9-18(2)14(19)12(15)8-11-6-4-3-5-7-11;/h3-7,12H,8-9,15H2,1-2H3;1H. The zero-order chi connectivity index (χ0) is 14.5. The van der Waals surface area contributed by atoms with E-state index in [2.05, 4.69) is 10.1 Å². The summed E-state index contributed by atoms with van der Waals surface area (Å²) in [5, 5.41) is 3.76. The molecule has 7 heteroatoms. The number of aryl methyl sites for hydroxylation is 1. The normalized spacial score (nSPS) is 11.6. The second kappa shape index (κ2) is 7.75. The van der Waals surface area contributed by atoms with Crippen LogP contribution in [-0.4, -0.2) is 34.0 Å². The van der Waals surface area contributed by atoms with Crippen LogP contribution in [0.3, 0.4) is 0 Å². The summed E-state index contributed by atoms with van der Waals surface area (Å²) in [6, 6.07) is 9.12. The maximum atomic E-state index is 12.2. The number of rotatable bonds is 5. The third-order valence-electron chi connectivity index (χ3n) is 2.94. The number of aromatic nitrogens is 2. The molecule has 21 heavy (non-hydrogen) atoms. The van der Waals surface area contributed by atoms with Gasteiger partial charge in [-0.15, -0.1) is 12.4 Å². The summed E-state index contributed by atoms with van der Waals surface area (Å²) in [7, 11) is 1.68. The molecule has 1 aromatic carbocycles. The maximum absolute atomic E-state index is 12.2. The number of hydrogen-bond acceptors (Lipinski definition) is 5. The number of carbonyl (C=O) groups is 1. The van der Waals surface area contributed by atoms with E-state index < -0.39 is 6.04 Å². The van der Waals surface area contributed by atoms with Gasteiger partial charge in [-0.3, -0.25) is 4.79 Å². The quantitative estimate of drug-likeness (QED) is 0.900. The van der Waals surface area contributed by atoms with Crippen LogP contribution in [0.25, 0.3) is 0 Å². The van der Waals surface area contributed by atoms with E-state index in [9.17, 15) is 4.79 Å². The SMILES string of the molecule is Cc1nc(CN(C)C(=O)C(N)Cc2ccccc2)no1.Cl. The molecule has 0 bridgehead atoms. The molecule has 0 fully saturated rings. The molecule has 0 saturated carbocycles. The molecule has 2 aromatic rings. The lowest BCUT2D eigenvalue weighted by atomic mass is 10.1. The van der Waals surface area contributed by atoms with Crippen LogP contribution >= 0.6 is 12.4 Å². The van der Waals surface area contributed by atoms with Gasteiger partial charge in [-0.1, -0.05) is 35.5 Å². The molecular formula is C14H19ClN4O2. The van der Waals surface area contributed by atoms with Crippen LogP contribution in [-0.2, 0) is 17.8 Å². The van der Waals surface area contributed by atoms with E-state index in [0.717, 1.165) is 5.56 Å². The van der Waals surface area contributed by atoms with Gasteiger partial charge in [-0.05, 0) is 12.0 Å². The van der Waals surface area contributed by atoms with Crippen molar-refractivity contribution < 1.29 is 9.32 Å². The van der Waals surface area contributed by atoms with Gasteiger partial charge in [0.1, 0.15) is 0 Å². The summed E-state index contributed by atoms with van der Waals surface area (Å²) in [6.07, 6.45) is 0.509. The van der Waals surface area contributed by atoms with Crippen molar-refractivity contribution in [1.82, 2.24) is 15.0 Å². The first-order valence-electron chi connectivity index (χ1n) is 6.40. The minimum absolute atomic E-state index is 0. The van der Waals surface area contributed by atoms with Gasteiger partial charge in [-0.25, -0.2) is 0 Å². The fourth-order valence-electron chi connectivity index (χ4n) is 1.93. The van der Waals surface area contributed by atoms with Gasteiger partial charge in [0.15, 0.2) is 5.82 Å². The molecule has 2 rings (SSSR count). The van der Waals surface area contributed by atoms with E-state index in [-0.39, 0.29) is 18.3 Å². The molecule has 1 atom stereocenters. The van der Waals surface area contributed by atoms with Crippen LogP contribution in [0.15, 0.2) is 34.9 Å². The number of hydrogen-bond donors (Lipinski definition) is 1. The molecular weight excluding hydrogens is 292 g/mol. The van der Waals surface area contributed by atoms with Gasteiger partial charge in [0.25, 0.3) is 0 Å². The Balaban J connectivity index is 0.00000220. The first kappa shape index (κ1) is 17.1. The highest BCUT2D eigenvalue weighted by Gasteiger charge is 2.19. The fourth-order valence-corrected chi connectivity index (χ4v) is 1.93. The Labute approximate surface area is 129 Å². The highest BCUT2D eigenvalue weighted by molar-refractivity contribution is 5.85. The van der Waals surface area contributed by atoms with Crippen molar-refractivity contribution in [3.05, 3.63) is 47.6 Å². The summed E-state index contributed by atoms with van der Waals surface area (Å²) >= 11 is 0. The van der Waals surface area contributed by atoms with Crippen molar-refractivity contribution in [3.63, 3.8) is 0 Å². The summed E-state index contributed by atoms with van der Waals surface area (Å²) in [5.41, 5.74) is 6.99. The molecule has 0 aliphatic carbocycles. The average molecular weight is 311 g/mol. The Hall–Kier alpha value is -1.92. The molecule has 0 aliphatic rings. The second-order valence-electron chi connectivity index (χ2n) is 4.72. The van der Waals surface area contributed by atoms with Crippen molar-refractivity contribution in [2.45, 2.75) is 25.9 Å². The smallest absolute Gasteiger partial charge is 0.239 e. The number of likely N-dealkylation sites (N-methyl/N-ethyl adjacent to an activating group) is 1. The Morgan fingerprint density at radius 3 is 2.62 bits per heavy atom. The molecule has 1 amide bonds. The molecule has 0 radical (unpaired) electrons. The molecule has 6 nitrogen and oxygen atoms in total. The van der Waals surface area contributed by atoms with Crippen LogP contribution < -0.4 is 5.73 Å². The predicted molar refractivity (Wildman–Crippen MR) is 80.9 cm³/mol. The Morgan fingerprint density at radius 2 is 2.05 bits per heavy atom. The predicted octanol–water partition coefficient (Wildman–Crippen LogP) is 1.33. The van der Waals surface area contributed by atoms with E-state index in [4.69, 9.17) is 10.3 Å². The molecule has 1 heterocycles. The third kappa shape index (κ3) is 4.84. The first-order chi connectivity index (χ1) is 9.56. The molecule has 1 unspecified atom stereocenters. The van der Waals surface area contributed by atoms with Crippen LogP contribution in [0.5, 0.6) is 0 Å². The monoisotopic (exact) mass is 310 g/mol. The fraction of sp³-hybridized carbons (Fsp3) is 0.357. The van der Waals surface area contributed by atoms with Crippen LogP contribution in [0, 0.1) is 6.92 Å². The van der Waals surface area contributed by atoms with Crippen LogP contribution in [0.4, 0.5) is 0 Å². The second-order valence-corrected chi connectivity index (χ2v) is 4.72. The topological polar surface area (TPSA) is 85.2 Å². The number of nitrogens with two attached hydrogens (primary N) is 1. The zero-order valence-corrected chi connectivity index (χ0v) is 12.8. The van der Waals surface area contributed by atoms with Crippen molar-refractivity contribution in [2.75, 3.05) is 7.05 Å². The zero-order valence-electron chi connectivity index (χ0n) is 12.0. The molecule has 0 saturated heterocycles. The van der Waals surface area contributed by atoms with Gasteiger partial charge in [-0.2, -0.15) is 4.98 Å². The van der Waals surface area contributed by atoms with Crippen molar-refractivity contribution in [2.24, 2.45) is 5.73 Å². The first-order valence-corrected chi connectivity index (χ1v) is 6.40. The van der Waals surface area contributed by atoms with E-state index in [1.54, 1.807) is 14.0 Å². The Morgan fingerprint density at radius 1 is 1.38 bits per heavy atom. The Bertz CT molecular complexity index is 573. The number of halogens is 1. The van der Waals surface area contributed by atoms with E-state index in [1.165, 1.54) is 4.90 Å². The van der Waals surface area contributed by atoms with Gasteiger partial charge in [0, 0.05) is 14.0 Å². The largest absolute Gasteiger partial charge is 0.340 e. The van der Waals surface area contributed by atoms with E-state index in [1.807, 2.05) is 30.3 Å².